The number of amides is 4. The van der Waals surface area contributed by atoms with Crippen LogP contribution in [0.2, 0.25) is 0 Å². The maximum Gasteiger partial charge on any atom is 0.419 e. The van der Waals surface area contributed by atoms with Crippen LogP contribution < -0.4 is 46.1 Å². The van der Waals surface area contributed by atoms with E-state index in [-0.39, 0.29) is 94.5 Å². The van der Waals surface area contributed by atoms with Crippen molar-refractivity contribution in [2.45, 2.75) is 86.7 Å². The molecule has 0 radical (unpaired) electrons. The number of aromatic hydroxyl groups is 1. The number of urea groups is 1. The molecule has 3 fully saturated rings. The van der Waals surface area contributed by atoms with Gasteiger partial charge in [0.15, 0.2) is 6.35 Å². The Morgan fingerprint density at radius 2 is 1.48 bits per heavy atom. The predicted molar refractivity (Wildman–Crippen MR) is 252 cm³/mol. The summed E-state index contributed by atoms with van der Waals surface area (Å²) >= 11 is 0. The minimum Gasteiger partial charge on any atom is -0.508 e. The van der Waals surface area contributed by atoms with Crippen LogP contribution in [0.25, 0.3) is 0 Å². The summed E-state index contributed by atoms with van der Waals surface area (Å²) in [7, 11) is 0. The molecule has 12 rings (SSSR count). The molecule has 1 unspecified atom stereocenters. The molecule has 3 saturated carbocycles. The number of aliphatic hydroxyl groups is 1. The number of carbonyl (C=O) groups is 3. The molecular formula is C52H41F7N8O8. The lowest BCUT2D eigenvalue weighted by molar-refractivity contribution is -0.140. The van der Waals surface area contributed by atoms with Crippen LogP contribution in [0.5, 0.6) is 34.5 Å². The quantitative estimate of drug-likeness (QED) is 0.0401. The van der Waals surface area contributed by atoms with Crippen molar-refractivity contribution in [1.29, 1.82) is 0 Å². The normalized spacial score (nSPS) is 22.9. The Hall–Kier alpha value is -8.18. The summed E-state index contributed by atoms with van der Waals surface area (Å²) in [5.41, 5.74) is -1.22. The Morgan fingerprint density at radius 3 is 2.23 bits per heavy atom. The summed E-state index contributed by atoms with van der Waals surface area (Å²) in [6.07, 6.45) is -9.04. The fourth-order valence-corrected chi connectivity index (χ4v) is 10.6. The van der Waals surface area contributed by atoms with Crippen molar-refractivity contribution >= 4 is 40.9 Å². The third-order valence-corrected chi connectivity index (χ3v) is 14.4. The van der Waals surface area contributed by atoms with Crippen LogP contribution in [-0.2, 0) is 41.2 Å². The van der Waals surface area contributed by atoms with E-state index in [1.165, 1.54) is 36.5 Å². The van der Waals surface area contributed by atoms with Gasteiger partial charge in [-0.2, -0.15) is 26.3 Å². The van der Waals surface area contributed by atoms with Crippen molar-refractivity contribution in [3.05, 3.63) is 142 Å². The number of fused-ring (bicyclic) bond motifs is 6. The first-order valence-electron chi connectivity index (χ1n) is 23.7. The molecule has 75 heavy (non-hydrogen) atoms. The van der Waals surface area contributed by atoms with Gasteiger partial charge >= 0.3 is 18.4 Å². The number of hydrogen-bond acceptors (Lipinski definition) is 12. The molecule has 16 nitrogen and oxygen atoms in total. The highest BCUT2D eigenvalue weighted by molar-refractivity contribution is 5.94. The number of carbonyl (C=O) groups excluding carboxylic acids is 3. The van der Waals surface area contributed by atoms with Crippen LogP contribution in [0.1, 0.15) is 75.7 Å². The van der Waals surface area contributed by atoms with E-state index in [1.807, 2.05) is 0 Å². The number of phenolic OH excluding ortho intramolecular Hbond substituents is 1. The molecule has 0 spiro atoms. The van der Waals surface area contributed by atoms with Gasteiger partial charge in [-0.05, 0) is 104 Å². The molecule has 0 bridgehead atoms. The van der Waals surface area contributed by atoms with E-state index in [2.05, 4.69) is 41.9 Å². The minimum atomic E-state index is -4.96. The second-order valence-corrected chi connectivity index (χ2v) is 19.3. The van der Waals surface area contributed by atoms with E-state index < -0.39 is 59.4 Å². The number of anilines is 4. The van der Waals surface area contributed by atoms with E-state index in [4.69, 9.17) is 14.2 Å². The van der Waals surface area contributed by atoms with Gasteiger partial charge in [0.05, 0.1) is 28.8 Å². The zero-order valence-corrected chi connectivity index (χ0v) is 38.8. The summed E-state index contributed by atoms with van der Waals surface area (Å²) in [5.74, 6) is -0.139. The van der Waals surface area contributed by atoms with Crippen LogP contribution in [-0.4, -0.2) is 62.1 Å². The second-order valence-electron chi connectivity index (χ2n) is 19.3. The Labute approximate surface area is 420 Å². The number of benzene rings is 4. The molecule has 6 aliphatic rings. The van der Waals surface area contributed by atoms with Crippen molar-refractivity contribution in [3.8, 4) is 34.5 Å². The first kappa shape index (κ1) is 47.8. The van der Waals surface area contributed by atoms with Gasteiger partial charge in [-0.3, -0.25) is 14.9 Å². The summed E-state index contributed by atoms with van der Waals surface area (Å²) in [5, 5.41) is 37.9. The molecular weight excluding hydrogens is 998 g/mol. The summed E-state index contributed by atoms with van der Waals surface area (Å²) in [4.78, 5) is 46.4. The first-order chi connectivity index (χ1) is 35.8. The number of aliphatic hydroxyl groups excluding tert-OH is 1. The number of aromatic nitrogens is 2. The van der Waals surface area contributed by atoms with Crippen LogP contribution in [0.15, 0.2) is 91.1 Å². The Bertz CT molecular complexity index is 3400. The number of pyridine rings is 2. The highest BCUT2D eigenvalue weighted by atomic mass is 19.4. The zero-order valence-electron chi connectivity index (χ0n) is 38.8. The average molecular weight is 1040 g/mol. The lowest BCUT2D eigenvalue weighted by Gasteiger charge is -2.23. The molecule has 2 aromatic heterocycles. The number of halogens is 7. The largest absolute Gasteiger partial charge is 0.508 e. The Morgan fingerprint density at radius 1 is 0.800 bits per heavy atom. The molecule has 3 aliphatic heterocycles. The van der Waals surface area contributed by atoms with Crippen LogP contribution >= 0.6 is 0 Å². The van der Waals surface area contributed by atoms with E-state index >= 15 is 0 Å². The van der Waals surface area contributed by atoms with Gasteiger partial charge < -0.3 is 51.0 Å². The van der Waals surface area contributed by atoms with Crippen molar-refractivity contribution in [3.63, 3.8) is 0 Å². The second kappa shape index (κ2) is 17.5. The van der Waals surface area contributed by atoms with Gasteiger partial charge in [-0.15, -0.1) is 0 Å². The van der Waals surface area contributed by atoms with E-state index in [0.717, 1.165) is 23.3 Å². The standard InChI is InChI=1S/C52H41F7N8O8/c53-35-8-3-24(17-33(35)52(57,58)59)63-49(72)67-50-21-34(50)43(50)30-19-26(4-9-36(30)68)74-39-18-25(61-47-29(39)7-12-41(70)65-47)15-22-1-2-23(16-32(22)51(54,55)56)62-48(71)66-44-42-31-20-27(5-10-37(31)75-45(42)44)73-38-13-14-60-46-28(38)6-11-40(69)64-46/h1-5,8-10,13-14,16-20,34,42-45,49,63,67-68,72H,6-7,11-12,15,21H2,(H,60,64,69)(H,61,65,70)(H2,62,66,71)/t34-,42-,43+,44-,45-,49?,50-/m0/s1. The van der Waals surface area contributed by atoms with Crippen molar-refractivity contribution < 1.29 is 69.5 Å². The molecule has 386 valence electrons. The van der Waals surface area contributed by atoms with Crippen molar-refractivity contribution in [2.75, 3.05) is 21.3 Å². The van der Waals surface area contributed by atoms with Crippen molar-refractivity contribution in [1.82, 2.24) is 20.6 Å². The molecule has 5 heterocycles. The lowest BCUT2D eigenvalue weighted by atomic mass is 9.99. The van der Waals surface area contributed by atoms with Crippen LogP contribution in [0.3, 0.4) is 0 Å². The Balaban J connectivity index is 0.718. The smallest absolute Gasteiger partial charge is 0.419 e. The number of ether oxygens (including phenoxy) is 3. The predicted octanol–water partition coefficient (Wildman–Crippen LogP) is 9.19. The van der Waals surface area contributed by atoms with Gasteiger partial charge in [0, 0.05) is 76.6 Å². The maximum atomic E-state index is 14.8. The van der Waals surface area contributed by atoms with Crippen LogP contribution in [0.4, 0.5) is 58.5 Å². The monoisotopic (exact) mass is 1040 g/mol. The fraction of sp³-hybridized carbons (Fsp3) is 0.288. The average Bonchev–Trinajstić information content (AvgIpc) is 4.30. The van der Waals surface area contributed by atoms with Gasteiger partial charge in [0.25, 0.3) is 0 Å². The molecule has 3 aliphatic carbocycles. The van der Waals surface area contributed by atoms with Gasteiger partial charge in [-0.1, -0.05) is 6.07 Å². The number of nitrogens with zero attached hydrogens (tertiary/aromatic N) is 2. The molecule has 7 atom stereocenters. The first-order valence-corrected chi connectivity index (χ1v) is 23.7. The number of phenols is 1. The number of nitrogens with one attached hydrogen (secondary N) is 6. The number of alkyl halides is 6. The molecule has 4 amide bonds. The van der Waals surface area contributed by atoms with Gasteiger partial charge in [0.1, 0.15) is 58.1 Å². The van der Waals surface area contributed by atoms with E-state index in [1.54, 1.807) is 30.3 Å². The van der Waals surface area contributed by atoms with Crippen LogP contribution in [0, 0.1) is 11.7 Å². The van der Waals surface area contributed by atoms with E-state index in [9.17, 15) is 55.3 Å². The minimum absolute atomic E-state index is 0.0658. The molecule has 0 saturated heterocycles. The zero-order chi connectivity index (χ0) is 52.3. The Kier molecular flexibility index (Phi) is 11.1. The van der Waals surface area contributed by atoms with Gasteiger partial charge in [0.2, 0.25) is 11.8 Å². The highest BCUT2D eigenvalue weighted by Crippen LogP contribution is 2.77. The van der Waals surface area contributed by atoms with E-state index in [0.29, 0.717) is 65.6 Å². The molecule has 8 N–H and O–H groups in total. The van der Waals surface area contributed by atoms with Gasteiger partial charge in [-0.25, -0.2) is 19.2 Å². The number of hydrogen-bond donors (Lipinski definition) is 8. The third-order valence-electron chi connectivity index (χ3n) is 14.4. The lowest BCUT2D eigenvalue weighted by Crippen LogP contribution is -2.42. The summed E-state index contributed by atoms with van der Waals surface area (Å²) in [6.45, 7) is 0. The third kappa shape index (κ3) is 9.08. The fourth-order valence-electron chi connectivity index (χ4n) is 10.6. The topological polar surface area (TPSA) is 217 Å². The molecule has 6 aromatic rings. The SMILES string of the molecule is O=C1CCc2c(Oc3ccc4c(c3)[C@H]3[C@H](NC(=O)Nc5ccc(Cc6cc(Oc7ccc(O)c([C@@H]8[C@@H]9C[C@@]89NC(O)Nc8ccc(F)c(C(F)(F)F)c8)c7)c7c(n6)NC(=O)CC7)c(C(F)(F)F)c5)[C@H]3O4)ccnc2N1. The van der Waals surface area contributed by atoms with Crippen molar-refractivity contribution in [2.24, 2.45) is 5.92 Å². The highest BCUT2D eigenvalue weighted by Gasteiger charge is 2.80. The molecule has 4 aromatic carbocycles. The maximum absolute atomic E-state index is 14.8. The summed E-state index contributed by atoms with van der Waals surface area (Å²) in [6, 6.07) is 17.3. The summed E-state index contributed by atoms with van der Waals surface area (Å²) < 4.78 is 117. The number of rotatable bonds is 13. The molecule has 23 heteroatoms.